The number of rotatable bonds is 53. The highest BCUT2D eigenvalue weighted by Gasteiger charge is 2.16. The topological polar surface area (TPSA) is 175 Å². The predicted molar refractivity (Wildman–Crippen MR) is 585 cm³/mol. The summed E-state index contributed by atoms with van der Waals surface area (Å²) >= 11 is 19.6. The molecule has 0 aromatic heterocycles. The summed E-state index contributed by atoms with van der Waals surface area (Å²) in [5, 5.41) is 37.9. The van der Waals surface area contributed by atoms with Crippen LogP contribution in [0.1, 0.15) is 338 Å². The van der Waals surface area contributed by atoms with E-state index in [2.05, 4.69) is 243 Å². The monoisotopic (exact) mass is 1960 g/mol. The first-order chi connectivity index (χ1) is 63.6. The highest BCUT2D eigenvalue weighted by molar-refractivity contribution is 8.00. The largest absolute Gasteiger partial charge is 0.478 e. The molecule has 0 amide bonds. The standard InChI is InChI=1S/C27H38O2S.C23H32O2S.2C22H29ClO2S.C22H29FO2S/c1-21(2)11-8-12-22(3)13-9-14-23(4)15-10-16-24(5)19-20-30-26-18-7-6-17-25(26)27(28)29;1-18(2)10-8-11-19(3)12-9-13-20(4)16-17-26-22-15-7-6-14-21(22)23(24)25-5;1-16(2)7-5-8-17(3)9-6-10-18(4)13-14-26-21-12-11-19(23)15-20(21)22(24)25;1-16(2)7-5-8-17(3)9-6-10-18(4)13-14-26-21-15-19(23)11-12-20(21)22(24)25;1-16(2)7-5-8-17(3)9-6-10-18(4)13-14-26-21-12-11-19(23)15-20(21)22(24)25/h6-7,11,13,15,17-19H,8-10,12,14,16,20H2,1-5H3,(H,28,29);6-7,10,12,14-16H,8-9,11,13,17H2,1-5H3;3*7,9,11-13,15H,5-6,8,10,14H2,1-4H3,(H,24,25)/b22-13+,23-15+,24-19+;19-12+,20-16+;3*17-9+,18-13+. The fourth-order valence-corrected chi connectivity index (χ4v) is 18.3. The molecule has 0 atom stereocenters. The van der Waals surface area contributed by atoms with Gasteiger partial charge in [-0.15, -0.1) is 58.8 Å². The van der Waals surface area contributed by atoms with Crippen molar-refractivity contribution in [3.8, 4) is 0 Å². The fraction of sp³-hybridized carbons (Fsp3) is 0.422. The Bertz CT molecular complexity index is 4870. The van der Waals surface area contributed by atoms with Crippen LogP contribution in [0.2, 0.25) is 10.0 Å². The zero-order chi connectivity index (χ0) is 100. The number of aromatic carboxylic acids is 4. The van der Waals surface area contributed by atoms with Crippen LogP contribution >= 0.6 is 82.0 Å². The molecule has 0 saturated heterocycles. The van der Waals surface area contributed by atoms with Gasteiger partial charge in [0.15, 0.2) is 0 Å². The van der Waals surface area contributed by atoms with Crippen molar-refractivity contribution >= 4 is 112 Å². The van der Waals surface area contributed by atoms with Crippen LogP contribution in [0.4, 0.5) is 4.39 Å². The number of benzene rings is 5. The predicted octanol–water partition coefficient (Wildman–Crippen LogP) is 37.7. The molecule has 0 saturated carbocycles. The molecule has 5 aromatic carbocycles. The molecular weight excluding hydrogens is 1800 g/mol. The summed E-state index contributed by atoms with van der Waals surface area (Å²) in [6.07, 6.45) is 60.4. The number of carbonyl (C=O) groups is 5. The highest BCUT2D eigenvalue weighted by Crippen LogP contribution is 2.32. The number of methoxy groups -OCH3 is 1. The number of halogens is 3. The van der Waals surface area contributed by atoms with Gasteiger partial charge in [-0.05, 0) is 366 Å². The van der Waals surface area contributed by atoms with E-state index in [1.54, 1.807) is 66.0 Å². The Morgan fingerprint density at radius 2 is 0.478 bits per heavy atom. The molecule has 0 heterocycles. The minimum atomic E-state index is -1.10. The normalized spacial score (nSPS) is 12.3. The van der Waals surface area contributed by atoms with Gasteiger partial charge in [0.2, 0.25) is 0 Å². The van der Waals surface area contributed by atoms with Gasteiger partial charge in [0.25, 0.3) is 0 Å². The van der Waals surface area contributed by atoms with Crippen LogP contribution in [0.15, 0.2) is 314 Å². The molecule has 5 aromatic rings. The van der Waals surface area contributed by atoms with Crippen LogP contribution in [0.25, 0.3) is 0 Å². The SMILES string of the molecule is CC(C)=CCC/C(C)=C/CC/C(C)=C/CC/C(C)=C/CSc1ccccc1C(=O)O.CC(C)=CCC/C(C)=C/CC/C(C)=C/CSc1cc(Cl)ccc1C(=O)O.CC(C)=CCC/C(C)=C/CC/C(C)=C/CSc1ccc(Cl)cc1C(=O)O.CC(C)=CCC/C(C)=C/CC/C(C)=C/CSc1ccc(F)cc1C(=O)O.COC(=O)c1ccccc1SC/C=C(\C)CC/C=C(\C)CCC=C(C)C. The van der Waals surface area contributed by atoms with E-state index in [1.807, 2.05) is 36.4 Å². The zero-order valence-electron chi connectivity index (χ0n) is 84.6. The van der Waals surface area contributed by atoms with Gasteiger partial charge >= 0.3 is 29.8 Å². The van der Waals surface area contributed by atoms with Gasteiger partial charge in [-0.2, -0.15) is 0 Å². The third kappa shape index (κ3) is 63.8. The Morgan fingerprint density at radius 3 is 0.761 bits per heavy atom. The summed E-state index contributed by atoms with van der Waals surface area (Å²) in [6, 6.07) is 28.6. The number of hydrogen-bond acceptors (Lipinski definition) is 11. The van der Waals surface area contributed by atoms with Crippen LogP contribution in [0.3, 0.4) is 0 Å². The van der Waals surface area contributed by atoms with E-state index in [0.29, 0.717) is 42.3 Å². The summed E-state index contributed by atoms with van der Waals surface area (Å²) in [5.74, 6) is -0.763. The molecule has 0 unspecified atom stereocenters. The first-order valence-electron chi connectivity index (χ1n) is 46.7. The Kier molecular flexibility index (Phi) is 68.9. The number of ether oxygens (including phenoxy) is 1. The highest BCUT2D eigenvalue weighted by atomic mass is 35.5. The number of thioether (sulfide) groups is 5. The lowest BCUT2D eigenvalue weighted by Gasteiger charge is -2.06. The number of carboxylic acids is 4. The van der Waals surface area contributed by atoms with Crippen LogP contribution in [0.5, 0.6) is 0 Å². The number of allylic oxidation sites excluding steroid dienone is 27. The van der Waals surface area contributed by atoms with Crippen molar-refractivity contribution in [2.24, 2.45) is 0 Å². The number of hydrogen-bond donors (Lipinski definition) is 4. The van der Waals surface area contributed by atoms with E-state index in [0.717, 1.165) is 185 Å². The molecule has 10 nitrogen and oxygen atoms in total. The van der Waals surface area contributed by atoms with Crippen molar-refractivity contribution in [2.75, 3.05) is 35.9 Å². The smallest absolute Gasteiger partial charge is 0.338 e. The van der Waals surface area contributed by atoms with Crippen molar-refractivity contribution < 1.29 is 53.5 Å². The van der Waals surface area contributed by atoms with Crippen LogP contribution < -0.4 is 0 Å². The van der Waals surface area contributed by atoms with Gasteiger partial charge in [0.05, 0.1) is 34.9 Å². The molecule has 134 heavy (non-hydrogen) atoms. The van der Waals surface area contributed by atoms with E-state index >= 15 is 0 Å². The van der Waals surface area contributed by atoms with E-state index in [4.69, 9.17) is 33.0 Å². The summed E-state index contributed by atoms with van der Waals surface area (Å²) in [7, 11) is 1.42. The minimum absolute atomic E-state index is 0.0241. The maximum absolute atomic E-state index is 13.2. The molecule has 0 spiro atoms. The Labute approximate surface area is 839 Å². The third-order valence-electron chi connectivity index (χ3n) is 20.9. The molecule has 0 radical (unpaired) electrons. The van der Waals surface area contributed by atoms with Crippen LogP contribution in [0, 0.1) is 5.82 Å². The van der Waals surface area contributed by atoms with Crippen molar-refractivity contribution in [1.29, 1.82) is 0 Å². The van der Waals surface area contributed by atoms with Crippen molar-refractivity contribution in [3.05, 3.63) is 333 Å². The maximum atomic E-state index is 13.2. The maximum Gasteiger partial charge on any atom is 0.338 e. The first kappa shape index (κ1) is 124. The number of carbonyl (C=O) groups excluding carboxylic acids is 1. The molecule has 18 heteroatoms. The lowest BCUT2D eigenvalue weighted by Crippen LogP contribution is -2.02. The third-order valence-corrected chi connectivity index (χ3v) is 26.4. The fourth-order valence-electron chi connectivity index (χ4n) is 12.7. The average molecular weight is 1960 g/mol. The lowest BCUT2D eigenvalue weighted by atomic mass is 10.0. The molecule has 0 bridgehead atoms. The Morgan fingerprint density at radius 1 is 0.261 bits per heavy atom. The van der Waals surface area contributed by atoms with Gasteiger partial charge in [-0.1, -0.05) is 234 Å². The molecule has 0 aliphatic carbocycles. The van der Waals surface area contributed by atoms with Crippen molar-refractivity contribution in [3.63, 3.8) is 0 Å². The Hall–Kier alpha value is -8.45. The number of carboxylic acid groups (broad SMARTS) is 4. The van der Waals surface area contributed by atoms with Crippen LogP contribution in [-0.2, 0) is 4.74 Å². The number of esters is 1. The van der Waals surface area contributed by atoms with E-state index in [1.165, 1.54) is 150 Å². The van der Waals surface area contributed by atoms with Gasteiger partial charge in [0.1, 0.15) is 5.82 Å². The Balaban J connectivity index is 0.000000838. The molecule has 0 aliphatic heterocycles. The quantitative estimate of drug-likeness (QED) is 0.0164. The summed E-state index contributed by atoms with van der Waals surface area (Å²) in [5.41, 5.74) is 23.9. The van der Waals surface area contributed by atoms with Crippen molar-refractivity contribution in [1.82, 2.24) is 0 Å². The minimum Gasteiger partial charge on any atom is -0.478 e. The van der Waals surface area contributed by atoms with Gasteiger partial charge in [-0.25, -0.2) is 28.4 Å². The van der Waals surface area contributed by atoms with E-state index in [-0.39, 0.29) is 17.1 Å². The van der Waals surface area contributed by atoms with Gasteiger partial charge < -0.3 is 25.2 Å². The summed E-state index contributed by atoms with van der Waals surface area (Å²) in [4.78, 5) is 60.7. The second-order valence-corrected chi connectivity index (χ2v) is 41.3. The molecule has 0 fully saturated rings. The second kappa shape index (κ2) is 74.7. The molecule has 4 N–H and O–H groups in total. The second-order valence-electron chi connectivity index (χ2n) is 35.1. The summed E-state index contributed by atoms with van der Waals surface area (Å²) < 4.78 is 18.0. The van der Waals surface area contributed by atoms with Crippen LogP contribution in [-0.4, -0.2) is 86.1 Å². The lowest BCUT2D eigenvalue weighted by molar-refractivity contribution is 0.0594. The van der Waals surface area contributed by atoms with Gasteiger partial charge in [0, 0.05) is 63.3 Å². The molecular formula is C116H157Cl2FO10S5. The zero-order valence-corrected chi connectivity index (χ0v) is 90.2. The molecule has 0 aliphatic rings. The average Bonchev–Trinajstić information content (AvgIpc) is 0.871. The summed E-state index contributed by atoms with van der Waals surface area (Å²) in [6.45, 7) is 45.3. The van der Waals surface area contributed by atoms with E-state index in [9.17, 15) is 43.7 Å². The van der Waals surface area contributed by atoms with E-state index < -0.39 is 29.7 Å². The van der Waals surface area contributed by atoms with Crippen molar-refractivity contribution in [2.45, 2.75) is 311 Å². The molecule has 5 rings (SSSR count). The van der Waals surface area contributed by atoms with Gasteiger partial charge in [-0.3, -0.25) is 0 Å². The first-order valence-corrected chi connectivity index (χ1v) is 52.4. The molecule has 732 valence electrons.